The molecule has 2 rings (SSSR count). The highest BCUT2D eigenvalue weighted by Crippen LogP contribution is 2.19. The van der Waals surface area contributed by atoms with Gasteiger partial charge in [0.1, 0.15) is 6.04 Å². The van der Waals surface area contributed by atoms with Crippen molar-refractivity contribution in [3.8, 4) is 0 Å². The van der Waals surface area contributed by atoms with Crippen molar-refractivity contribution in [3.05, 3.63) is 35.9 Å². The molecule has 0 aromatic heterocycles. The van der Waals surface area contributed by atoms with E-state index < -0.39 is 16.1 Å². The lowest BCUT2D eigenvalue weighted by Gasteiger charge is -2.29. The fourth-order valence-corrected chi connectivity index (χ4v) is 3.94. The molecule has 0 aliphatic carbocycles. The number of amides is 2. The predicted octanol–water partition coefficient (Wildman–Crippen LogP) is 0.869. The second-order valence-electron chi connectivity index (χ2n) is 6.80. The molecule has 1 aromatic rings. The first-order valence-electron chi connectivity index (χ1n) is 8.88. The lowest BCUT2D eigenvalue weighted by Crippen LogP contribution is -2.51. The van der Waals surface area contributed by atoms with Crippen LogP contribution in [0.25, 0.3) is 0 Å². The minimum atomic E-state index is -3.50. The van der Waals surface area contributed by atoms with Crippen LogP contribution in [0.2, 0.25) is 0 Å². The van der Waals surface area contributed by atoms with E-state index in [4.69, 9.17) is 0 Å². The number of nitrogens with one attached hydrogen (secondary N) is 2. The zero-order valence-corrected chi connectivity index (χ0v) is 16.1. The molecular formula is C18H27N3O4S. The van der Waals surface area contributed by atoms with Crippen LogP contribution in [-0.4, -0.2) is 50.0 Å². The standard InChI is InChI=1S/C18H27N3O4S/c1-14(2)17(21-11-6-9-16(21)22)18(23)19-10-12-26(24,25)20-13-15-7-4-3-5-8-15/h3-5,7-8,14,17,20H,6,9-13H2,1-2H3,(H,19,23). The van der Waals surface area contributed by atoms with Gasteiger partial charge in [-0.3, -0.25) is 9.59 Å². The first-order valence-corrected chi connectivity index (χ1v) is 10.5. The van der Waals surface area contributed by atoms with Gasteiger partial charge in [-0.25, -0.2) is 13.1 Å². The van der Waals surface area contributed by atoms with Crippen molar-refractivity contribution in [2.24, 2.45) is 5.92 Å². The monoisotopic (exact) mass is 381 g/mol. The number of hydrogen-bond donors (Lipinski definition) is 2. The summed E-state index contributed by atoms with van der Waals surface area (Å²) in [7, 11) is -3.50. The fraction of sp³-hybridized carbons (Fsp3) is 0.556. The van der Waals surface area contributed by atoms with Crippen molar-refractivity contribution in [1.29, 1.82) is 0 Å². The Hall–Kier alpha value is -1.93. The highest BCUT2D eigenvalue weighted by Gasteiger charge is 2.34. The molecule has 0 saturated carbocycles. The maximum Gasteiger partial charge on any atom is 0.243 e. The molecule has 1 aliphatic heterocycles. The number of nitrogens with zero attached hydrogens (tertiary/aromatic N) is 1. The molecule has 1 atom stereocenters. The van der Waals surface area contributed by atoms with Crippen LogP contribution < -0.4 is 10.0 Å². The molecule has 26 heavy (non-hydrogen) atoms. The van der Waals surface area contributed by atoms with Gasteiger partial charge in [0.05, 0.1) is 5.75 Å². The summed E-state index contributed by atoms with van der Waals surface area (Å²) in [5.41, 5.74) is 0.868. The van der Waals surface area contributed by atoms with Crippen LogP contribution in [0.5, 0.6) is 0 Å². The Morgan fingerprint density at radius 2 is 1.92 bits per heavy atom. The van der Waals surface area contributed by atoms with E-state index in [1.165, 1.54) is 0 Å². The van der Waals surface area contributed by atoms with Gasteiger partial charge in [0.15, 0.2) is 0 Å². The maximum atomic E-state index is 12.5. The van der Waals surface area contributed by atoms with Crippen LogP contribution in [0.4, 0.5) is 0 Å². The molecule has 0 bridgehead atoms. The Kier molecular flexibility index (Phi) is 7.16. The minimum Gasteiger partial charge on any atom is -0.353 e. The zero-order valence-electron chi connectivity index (χ0n) is 15.3. The fourth-order valence-electron chi connectivity index (χ4n) is 3.04. The van der Waals surface area contributed by atoms with E-state index in [0.29, 0.717) is 13.0 Å². The van der Waals surface area contributed by atoms with Crippen LogP contribution in [0.15, 0.2) is 30.3 Å². The third kappa shape index (κ3) is 5.81. The summed E-state index contributed by atoms with van der Waals surface area (Å²) in [6.07, 6.45) is 1.22. The lowest BCUT2D eigenvalue weighted by molar-refractivity contribution is -0.139. The lowest BCUT2D eigenvalue weighted by atomic mass is 10.0. The summed E-state index contributed by atoms with van der Waals surface area (Å²) in [6.45, 7) is 4.57. The Balaban J connectivity index is 1.82. The molecule has 1 aromatic carbocycles. The number of carbonyl (C=O) groups is 2. The maximum absolute atomic E-state index is 12.5. The van der Waals surface area contributed by atoms with E-state index in [9.17, 15) is 18.0 Å². The van der Waals surface area contributed by atoms with Gasteiger partial charge in [0.25, 0.3) is 0 Å². The van der Waals surface area contributed by atoms with E-state index in [1.807, 2.05) is 44.2 Å². The van der Waals surface area contributed by atoms with Gasteiger partial charge in [-0.2, -0.15) is 0 Å². The molecule has 2 amide bonds. The number of sulfonamides is 1. The summed E-state index contributed by atoms with van der Waals surface area (Å²) in [4.78, 5) is 26.0. The van der Waals surface area contributed by atoms with Crippen molar-refractivity contribution in [1.82, 2.24) is 14.9 Å². The van der Waals surface area contributed by atoms with Crippen LogP contribution in [0.3, 0.4) is 0 Å². The van der Waals surface area contributed by atoms with Gasteiger partial charge in [-0.1, -0.05) is 44.2 Å². The minimum absolute atomic E-state index is 0.00814. The molecule has 1 fully saturated rings. The normalized spacial score (nSPS) is 16.1. The summed E-state index contributed by atoms with van der Waals surface area (Å²) in [5.74, 6) is -0.556. The predicted molar refractivity (Wildman–Crippen MR) is 99.7 cm³/mol. The van der Waals surface area contributed by atoms with Crippen LogP contribution in [0.1, 0.15) is 32.3 Å². The SMILES string of the molecule is CC(C)C(C(=O)NCCS(=O)(=O)NCc1ccccc1)N1CCCC1=O. The van der Waals surface area contributed by atoms with Gasteiger partial charge < -0.3 is 10.2 Å². The van der Waals surface area contributed by atoms with Crippen molar-refractivity contribution in [2.75, 3.05) is 18.8 Å². The Labute approximate surface area is 155 Å². The topological polar surface area (TPSA) is 95.6 Å². The van der Waals surface area contributed by atoms with E-state index in [1.54, 1.807) is 4.90 Å². The van der Waals surface area contributed by atoms with E-state index in [2.05, 4.69) is 10.0 Å². The molecule has 144 valence electrons. The Morgan fingerprint density at radius 1 is 1.23 bits per heavy atom. The van der Waals surface area contributed by atoms with E-state index >= 15 is 0 Å². The van der Waals surface area contributed by atoms with Crippen molar-refractivity contribution in [2.45, 2.75) is 39.3 Å². The second-order valence-corrected chi connectivity index (χ2v) is 8.72. The van der Waals surface area contributed by atoms with Crippen LogP contribution in [0, 0.1) is 5.92 Å². The molecule has 0 spiro atoms. The molecular weight excluding hydrogens is 354 g/mol. The van der Waals surface area contributed by atoms with Crippen molar-refractivity contribution >= 4 is 21.8 Å². The smallest absolute Gasteiger partial charge is 0.243 e. The quantitative estimate of drug-likeness (QED) is 0.663. The van der Waals surface area contributed by atoms with Crippen molar-refractivity contribution < 1.29 is 18.0 Å². The number of likely N-dealkylation sites (tertiary alicyclic amines) is 1. The first-order chi connectivity index (χ1) is 12.3. The molecule has 1 unspecified atom stereocenters. The van der Waals surface area contributed by atoms with Gasteiger partial charge in [0.2, 0.25) is 21.8 Å². The number of carbonyl (C=O) groups excluding carboxylic acids is 2. The van der Waals surface area contributed by atoms with Gasteiger partial charge in [-0.05, 0) is 17.9 Å². The number of hydrogen-bond acceptors (Lipinski definition) is 4. The van der Waals surface area contributed by atoms with Crippen molar-refractivity contribution in [3.63, 3.8) is 0 Å². The Morgan fingerprint density at radius 3 is 2.50 bits per heavy atom. The largest absolute Gasteiger partial charge is 0.353 e. The molecule has 7 nitrogen and oxygen atoms in total. The van der Waals surface area contributed by atoms with Gasteiger partial charge in [0, 0.05) is 26.1 Å². The average Bonchev–Trinajstić information content (AvgIpc) is 2.99. The Bertz CT molecular complexity index is 719. The van der Waals surface area contributed by atoms with Gasteiger partial charge >= 0.3 is 0 Å². The molecule has 1 saturated heterocycles. The summed E-state index contributed by atoms with van der Waals surface area (Å²) < 4.78 is 26.7. The zero-order chi connectivity index (χ0) is 19.2. The number of benzene rings is 1. The van der Waals surface area contributed by atoms with Gasteiger partial charge in [-0.15, -0.1) is 0 Å². The molecule has 1 heterocycles. The molecule has 0 radical (unpaired) electrons. The molecule has 2 N–H and O–H groups in total. The summed E-state index contributed by atoms with van der Waals surface area (Å²) >= 11 is 0. The number of rotatable bonds is 9. The third-order valence-electron chi connectivity index (χ3n) is 4.35. The average molecular weight is 381 g/mol. The van der Waals surface area contributed by atoms with E-state index in [0.717, 1.165) is 12.0 Å². The summed E-state index contributed by atoms with van der Waals surface area (Å²) in [6, 6.07) is 8.68. The highest BCUT2D eigenvalue weighted by atomic mass is 32.2. The summed E-state index contributed by atoms with van der Waals surface area (Å²) in [5, 5.41) is 2.66. The first kappa shape index (κ1) is 20.4. The van der Waals surface area contributed by atoms with E-state index in [-0.39, 0.29) is 36.6 Å². The molecule has 8 heteroatoms. The van der Waals surface area contributed by atoms with Crippen LogP contribution >= 0.6 is 0 Å². The highest BCUT2D eigenvalue weighted by molar-refractivity contribution is 7.89. The molecule has 1 aliphatic rings. The second kappa shape index (κ2) is 9.14. The third-order valence-corrected chi connectivity index (χ3v) is 5.68. The van der Waals surface area contributed by atoms with Crippen LogP contribution in [-0.2, 0) is 26.2 Å².